The van der Waals surface area contributed by atoms with Gasteiger partial charge in [-0.1, -0.05) is 0 Å². The first-order chi connectivity index (χ1) is 16.9. The molecule has 4 heterocycles. The van der Waals surface area contributed by atoms with Gasteiger partial charge < -0.3 is 14.5 Å². The maximum atomic E-state index is 13.0. The molecule has 0 atom stereocenters. The Hall–Kier alpha value is -3.95. The molecule has 0 saturated carbocycles. The van der Waals surface area contributed by atoms with Gasteiger partial charge in [0, 0.05) is 44.0 Å². The Morgan fingerprint density at radius 1 is 0.943 bits per heavy atom. The third-order valence-electron chi connectivity index (χ3n) is 6.72. The lowest BCUT2D eigenvalue weighted by Gasteiger charge is -2.36. The van der Waals surface area contributed by atoms with Crippen molar-refractivity contribution >= 4 is 17.2 Å². The molecular weight excluding hydrogens is 444 g/mol. The molecule has 35 heavy (non-hydrogen) atoms. The summed E-state index contributed by atoms with van der Waals surface area (Å²) in [5.74, 6) is 2.46. The Morgan fingerprint density at radius 2 is 1.69 bits per heavy atom. The van der Waals surface area contributed by atoms with Gasteiger partial charge in [-0.2, -0.15) is 9.61 Å². The zero-order chi connectivity index (χ0) is 24.5. The van der Waals surface area contributed by atoms with Crippen molar-refractivity contribution in [3.8, 4) is 11.6 Å². The smallest absolute Gasteiger partial charge is 0.223 e. The average Bonchev–Trinajstić information content (AvgIpc) is 3.40. The van der Waals surface area contributed by atoms with Gasteiger partial charge in [-0.25, -0.2) is 4.68 Å². The van der Waals surface area contributed by atoms with Crippen molar-refractivity contribution in [1.29, 1.82) is 0 Å². The van der Waals surface area contributed by atoms with E-state index in [1.807, 2.05) is 54.6 Å². The zero-order valence-corrected chi connectivity index (χ0v) is 20.6. The first-order valence-electron chi connectivity index (χ1n) is 11.9. The van der Waals surface area contributed by atoms with Crippen molar-refractivity contribution in [3.05, 3.63) is 59.2 Å². The molecule has 1 amide bonds. The zero-order valence-electron chi connectivity index (χ0n) is 20.6. The van der Waals surface area contributed by atoms with Gasteiger partial charge in [0.25, 0.3) is 0 Å². The Balaban J connectivity index is 1.21. The van der Waals surface area contributed by atoms with E-state index >= 15 is 0 Å². The molecule has 10 heteroatoms. The molecule has 3 aromatic heterocycles. The van der Waals surface area contributed by atoms with Gasteiger partial charge in [0.2, 0.25) is 5.91 Å². The second-order valence-corrected chi connectivity index (χ2v) is 8.84. The largest absolute Gasteiger partial charge is 0.497 e. The number of aromatic nitrogens is 6. The van der Waals surface area contributed by atoms with Crippen molar-refractivity contribution in [3.63, 3.8) is 0 Å². The average molecular weight is 475 g/mol. The number of benzene rings is 1. The van der Waals surface area contributed by atoms with Crippen LogP contribution in [0.4, 0.5) is 5.69 Å². The Labute approximate surface area is 204 Å². The van der Waals surface area contributed by atoms with E-state index in [2.05, 4.69) is 32.3 Å². The molecule has 1 aliphatic rings. The van der Waals surface area contributed by atoms with Crippen LogP contribution in [0.3, 0.4) is 0 Å². The summed E-state index contributed by atoms with van der Waals surface area (Å²) in [6.45, 7) is 8.98. The minimum absolute atomic E-state index is 0.186. The predicted octanol–water partition coefficient (Wildman–Crippen LogP) is 2.53. The van der Waals surface area contributed by atoms with Gasteiger partial charge >= 0.3 is 0 Å². The predicted molar refractivity (Wildman–Crippen MR) is 132 cm³/mol. The van der Waals surface area contributed by atoms with Crippen LogP contribution in [0, 0.1) is 20.8 Å². The van der Waals surface area contributed by atoms with Crippen LogP contribution in [-0.2, 0) is 11.2 Å². The number of anilines is 1. The monoisotopic (exact) mass is 474 g/mol. The van der Waals surface area contributed by atoms with Gasteiger partial charge in [-0.3, -0.25) is 4.79 Å². The summed E-state index contributed by atoms with van der Waals surface area (Å²) in [4.78, 5) is 17.3. The van der Waals surface area contributed by atoms with E-state index in [1.54, 1.807) is 11.6 Å². The number of amides is 1. The summed E-state index contributed by atoms with van der Waals surface area (Å²) in [6.07, 6.45) is 1.12. The topological polar surface area (TPSA) is 93.7 Å². The number of aryl methyl sites for hydroxylation is 2. The lowest BCUT2D eigenvalue weighted by Crippen LogP contribution is -2.48. The lowest BCUT2D eigenvalue weighted by molar-refractivity contribution is -0.131. The second kappa shape index (κ2) is 9.36. The number of carbonyl (C=O) groups is 1. The third kappa shape index (κ3) is 4.43. The first-order valence-corrected chi connectivity index (χ1v) is 11.9. The van der Waals surface area contributed by atoms with Crippen LogP contribution in [0.5, 0.6) is 5.75 Å². The summed E-state index contributed by atoms with van der Waals surface area (Å²) in [5.41, 5.74) is 4.87. The fourth-order valence-electron chi connectivity index (χ4n) is 4.66. The highest BCUT2D eigenvalue weighted by Crippen LogP contribution is 2.22. The molecule has 0 N–H and O–H groups in total. The second-order valence-electron chi connectivity index (χ2n) is 8.84. The fraction of sp³-hybridized carbons (Fsp3) is 0.400. The summed E-state index contributed by atoms with van der Waals surface area (Å²) >= 11 is 0. The van der Waals surface area contributed by atoms with Gasteiger partial charge in [0.15, 0.2) is 17.3 Å². The lowest BCUT2D eigenvalue weighted by atomic mass is 10.1. The minimum Gasteiger partial charge on any atom is -0.497 e. The van der Waals surface area contributed by atoms with Crippen LogP contribution in [0.25, 0.3) is 11.5 Å². The van der Waals surface area contributed by atoms with E-state index < -0.39 is 0 Å². The van der Waals surface area contributed by atoms with E-state index in [4.69, 9.17) is 9.84 Å². The number of hydrogen-bond donors (Lipinski definition) is 0. The van der Waals surface area contributed by atoms with Gasteiger partial charge in [0.1, 0.15) is 5.75 Å². The molecule has 10 nitrogen and oxygen atoms in total. The molecule has 0 unspecified atom stereocenters. The molecule has 182 valence electrons. The summed E-state index contributed by atoms with van der Waals surface area (Å²) in [6, 6.07) is 11.8. The van der Waals surface area contributed by atoms with E-state index in [0.29, 0.717) is 24.3 Å². The SMILES string of the molecule is COc1ccc(N2CCN(C(=O)CCc3c(C)nn(-c4ccc5nnc(C)n5n4)c3C)CC2)cc1. The third-order valence-corrected chi connectivity index (χ3v) is 6.72. The van der Waals surface area contributed by atoms with Gasteiger partial charge in [-0.05, 0) is 69.2 Å². The molecule has 1 saturated heterocycles. The van der Waals surface area contributed by atoms with Gasteiger partial charge in [0.05, 0.1) is 12.8 Å². The van der Waals surface area contributed by atoms with Crippen molar-refractivity contribution in [2.45, 2.75) is 33.6 Å². The highest BCUT2D eigenvalue weighted by molar-refractivity contribution is 5.77. The number of rotatable bonds is 6. The molecule has 0 bridgehead atoms. The van der Waals surface area contributed by atoms with Crippen LogP contribution in [0.15, 0.2) is 36.4 Å². The van der Waals surface area contributed by atoms with E-state index in [9.17, 15) is 4.79 Å². The molecule has 5 rings (SSSR count). The highest BCUT2D eigenvalue weighted by Gasteiger charge is 2.22. The Kier molecular flexibility index (Phi) is 6.10. The van der Waals surface area contributed by atoms with Crippen molar-refractivity contribution in [2.24, 2.45) is 0 Å². The summed E-state index contributed by atoms with van der Waals surface area (Å²) < 4.78 is 8.79. The highest BCUT2D eigenvalue weighted by atomic mass is 16.5. The summed E-state index contributed by atoms with van der Waals surface area (Å²) in [7, 11) is 1.67. The Bertz CT molecular complexity index is 1350. The molecular formula is C25H30N8O2. The van der Waals surface area contributed by atoms with Crippen LogP contribution >= 0.6 is 0 Å². The quantitative estimate of drug-likeness (QED) is 0.424. The Morgan fingerprint density at radius 3 is 2.40 bits per heavy atom. The molecule has 1 aliphatic heterocycles. The molecule has 0 spiro atoms. The molecule has 4 aromatic rings. The number of methoxy groups -OCH3 is 1. The standard InChI is InChI=1S/C25H30N8O2/c1-17-22(18(2)32(28-17)24-11-10-23-27-26-19(3)33(23)29-24)9-12-25(34)31-15-13-30(14-16-31)20-5-7-21(35-4)8-6-20/h5-8,10-11H,9,12-16H2,1-4H3. The fourth-order valence-corrected chi connectivity index (χ4v) is 4.66. The van der Waals surface area contributed by atoms with Crippen LogP contribution in [0.1, 0.15) is 29.2 Å². The van der Waals surface area contributed by atoms with Crippen molar-refractivity contribution in [2.75, 3.05) is 38.2 Å². The number of fused-ring (bicyclic) bond motifs is 1. The molecule has 1 fully saturated rings. The normalized spacial score (nSPS) is 14.1. The minimum atomic E-state index is 0.186. The maximum absolute atomic E-state index is 13.0. The summed E-state index contributed by atoms with van der Waals surface area (Å²) in [5, 5.41) is 17.5. The van der Waals surface area contributed by atoms with Crippen LogP contribution < -0.4 is 9.64 Å². The molecule has 0 aliphatic carbocycles. The first kappa shape index (κ1) is 22.8. The number of piperazine rings is 1. The number of nitrogens with zero attached hydrogens (tertiary/aromatic N) is 8. The van der Waals surface area contributed by atoms with E-state index in [-0.39, 0.29) is 5.91 Å². The van der Waals surface area contributed by atoms with E-state index in [1.165, 1.54) is 0 Å². The van der Waals surface area contributed by atoms with E-state index in [0.717, 1.165) is 60.4 Å². The maximum Gasteiger partial charge on any atom is 0.223 e. The van der Waals surface area contributed by atoms with Crippen LogP contribution in [0.2, 0.25) is 0 Å². The van der Waals surface area contributed by atoms with Crippen LogP contribution in [-0.4, -0.2) is 73.7 Å². The number of carbonyl (C=O) groups excluding carboxylic acids is 1. The van der Waals surface area contributed by atoms with Crippen molar-refractivity contribution < 1.29 is 9.53 Å². The molecule has 1 aromatic carbocycles. The number of hydrogen-bond acceptors (Lipinski definition) is 7. The molecule has 0 radical (unpaired) electrons. The van der Waals surface area contributed by atoms with Crippen molar-refractivity contribution in [1.82, 2.24) is 34.5 Å². The van der Waals surface area contributed by atoms with Gasteiger partial charge in [-0.15, -0.1) is 15.3 Å². The number of ether oxygens (including phenoxy) is 1.